The fourth-order valence-electron chi connectivity index (χ4n) is 1.06. The molecule has 2 aromatic heterocycles. The second kappa shape index (κ2) is 3.73. The van der Waals surface area contributed by atoms with Gasteiger partial charge in [-0.2, -0.15) is 0 Å². The molecule has 0 saturated heterocycles. The molecule has 0 amide bonds. The quantitative estimate of drug-likeness (QED) is 0.774. The maximum atomic E-state index is 11.6. The molecule has 2 heterocycles. The fourth-order valence-corrected chi connectivity index (χ4v) is 1.59. The standard InChI is InChI=1S/C9H8N2O2S/c10-3-6-1-2-8(13-6)9(12)7-4-14-5-11-7/h1-2,4-5H,3,10H2. The number of furan rings is 1. The van der Waals surface area contributed by atoms with Gasteiger partial charge >= 0.3 is 0 Å². The van der Waals surface area contributed by atoms with E-state index in [0.717, 1.165) is 0 Å². The van der Waals surface area contributed by atoms with Crippen LogP contribution in [0.15, 0.2) is 27.4 Å². The van der Waals surface area contributed by atoms with E-state index < -0.39 is 0 Å². The summed E-state index contributed by atoms with van der Waals surface area (Å²) in [7, 11) is 0. The van der Waals surface area contributed by atoms with Crippen molar-refractivity contribution in [1.82, 2.24) is 4.98 Å². The van der Waals surface area contributed by atoms with Crippen molar-refractivity contribution in [2.75, 3.05) is 0 Å². The third-order valence-electron chi connectivity index (χ3n) is 1.75. The Morgan fingerprint density at radius 3 is 3.00 bits per heavy atom. The summed E-state index contributed by atoms with van der Waals surface area (Å²) >= 11 is 1.38. The Bertz CT molecular complexity index is 433. The highest BCUT2D eigenvalue weighted by atomic mass is 32.1. The summed E-state index contributed by atoms with van der Waals surface area (Å²) in [6.45, 7) is 0.296. The molecule has 0 spiro atoms. The van der Waals surface area contributed by atoms with Crippen LogP contribution in [0.5, 0.6) is 0 Å². The van der Waals surface area contributed by atoms with E-state index in [-0.39, 0.29) is 11.5 Å². The Labute approximate surface area is 84.4 Å². The van der Waals surface area contributed by atoms with Gasteiger partial charge in [-0.05, 0) is 12.1 Å². The zero-order valence-electron chi connectivity index (χ0n) is 7.27. The van der Waals surface area contributed by atoms with E-state index in [2.05, 4.69) is 4.98 Å². The fraction of sp³-hybridized carbons (Fsp3) is 0.111. The number of nitrogens with two attached hydrogens (primary N) is 1. The zero-order valence-corrected chi connectivity index (χ0v) is 8.08. The molecule has 0 saturated carbocycles. The van der Waals surface area contributed by atoms with Gasteiger partial charge in [0.05, 0.1) is 12.1 Å². The van der Waals surface area contributed by atoms with Crippen molar-refractivity contribution in [3.63, 3.8) is 0 Å². The van der Waals surface area contributed by atoms with Crippen LogP contribution in [0, 0.1) is 0 Å². The first-order chi connectivity index (χ1) is 6.81. The molecule has 0 radical (unpaired) electrons. The van der Waals surface area contributed by atoms with Gasteiger partial charge in [-0.1, -0.05) is 0 Å². The molecule has 2 aromatic rings. The highest BCUT2D eigenvalue weighted by Crippen LogP contribution is 2.13. The second-order valence-corrected chi connectivity index (χ2v) is 3.39. The van der Waals surface area contributed by atoms with Gasteiger partial charge < -0.3 is 10.2 Å². The van der Waals surface area contributed by atoms with Crippen molar-refractivity contribution in [3.8, 4) is 0 Å². The number of thiazole rings is 1. The van der Waals surface area contributed by atoms with Crippen molar-refractivity contribution in [3.05, 3.63) is 40.2 Å². The molecule has 2 rings (SSSR count). The van der Waals surface area contributed by atoms with Crippen LogP contribution in [0.3, 0.4) is 0 Å². The van der Waals surface area contributed by atoms with E-state index in [1.807, 2.05) is 0 Å². The molecular weight excluding hydrogens is 200 g/mol. The van der Waals surface area contributed by atoms with Crippen LogP contribution >= 0.6 is 11.3 Å². The maximum Gasteiger partial charge on any atom is 0.247 e. The monoisotopic (exact) mass is 208 g/mol. The number of ketones is 1. The van der Waals surface area contributed by atoms with Gasteiger partial charge in [-0.3, -0.25) is 4.79 Å². The van der Waals surface area contributed by atoms with Crippen LogP contribution in [0.1, 0.15) is 22.0 Å². The molecule has 0 unspecified atom stereocenters. The largest absolute Gasteiger partial charge is 0.456 e. The molecule has 0 bridgehead atoms. The summed E-state index contributed by atoms with van der Waals surface area (Å²) in [4.78, 5) is 15.6. The van der Waals surface area contributed by atoms with Crippen molar-refractivity contribution in [1.29, 1.82) is 0 Å². The molecular formula is C9H8N2O2S. The molecule has 14 heavy (non-hydrogen) atoms. The maximum absolute atomic E-state index is 11.6. The summed E-state index contributed by atoms with van der Waals surface area (Å²) in [5.74, 6) is 0.686. The van der Waals surface area contributed by atoms with Crippen molar-refractivity contribution in [2.24, 2.45) is 5.73 Å². The Kier molecular flexibility index (Phi) is 2.43. The van der Waals surface area contributed by atoms with Gasteiger partial charge in [0, 0.05) is 5.38 Å². The van der Waals surface area contributed by atoms with E-state index in [9.17, 15) is 4.79 Å². The minimum atomic E-state index is -0.203. The lowest BCUT2D eigenvalue weighted by molar-refractivity contribution is 0.100. The summed E-state index contributed by atoms with van der Waals surface area (Å²) in [5, 5.41) is 1.69. The predicted octanol–water partition coefficient (Wildman–Crippen LogP) is 1.43. The molecule has 2 N–H and O–H groups in total. The van der Waals surface area contributed by atoms with Crippen LogP contribution in [0.4, 0.5) is 0 Å². The molecule has 0 aromatic carbocycles. The predicted molar refractivity (Wildman–Crippen MR) is 52.1 cm³/mol. The van der Waals surface area contributed by atoms with E-state index in [4.69, 9.17) is 10.2 Å². The number of hydrogen-bond acceptors (Lipinski definition) is 5. The van der Waals surface area contributed by atoms with Gasteiger partial charge in [0.15, 0.2) is 5.76 Å². The molecule has 0 fully saturated rings. The SMILES string of the molecule is NCc1ccc(C(=O)c2cscn2)o1. The topological polar surface area (TPSA) is 69.1 Å². The van der Waals surface area contributed by atoms with Gasteiger partial charge in [0.2, 0.25) is 5.78 Å². The van der Waals surface area contributed by atoms with Crippen LogP contribution in [-0.2, 0) is 6.54 Å². The first-order valence-corrected chi connectivity index (χ1v) is 4.97. The Morgan fingerprint density at radius 1 is 1.57 bits per heavy atom. The van der Waals surface area contributed by atoms with Crippen LogP contribution in [0.25, 0.3) is 0 Å². The highest BCUT2D eigenvalue weighted by Gasteiger charge is 2.14. The molecule has 4 nitrogen and oxygen atoms in total. The van der Waals surface area contributed by atoms with Crippen molar-refractivity contribution >= 4 is 17.1 Å². The van der Waals surface area contributed by atoms with Crippen LogP contribution in [-0.4, -0.2) is 10.8 Å². The molecule has 0 aliphatic carbocycles. The average molecular weight is 208 g/mol. The Hall–Kier alpha value is -1.46. The average Bonchev–Trinajstić information content (AvgIpc) is 2.88. The molecule has 72 valence electrons. The number of carbonyl (C=O) groups is 1. The Morgan fingerprint density at radius 2 is 2.43 bits per heavy atom. The molecule has 0 aliphatic rings. The minimum absolute atomic E-state index is 0.203. The lowest BCUT2D eigenvalue weighted by Crippen LogP contribution is -1.99. The van der Waals surface area contributed by atoms with Gasteiger partial charge in [0.25, 0.3) is 0 Å². The van der Waals surface area contributed by atoms with Crippen LogP contribution < -0.4 is 5.73 Å². The number of carbonyl (C=O) groups excluding carboxylic acids is 1. The first-order valence-electron chi connectivity index (χ1n) is 4.03. The molecule has 0 aliphatic heterocycles. The van der Waals surface area contributed by atoms with Gasteiger partial charge in [0.1, 0.15) is 11.5 Å². The van der Waals surface area contributed by atoms with Gasteiger partial charge in [-0.15, -0.1) is 11.3 Å². The van der Waals surface area contributed by atoms with E-state index in [1.54, 1.807) is 23.0 Å². The van der Waals surface area contributed by atoms with E-state index >= 15 is 0 Å². The summed E-state index contributed by atoms with van der Waals surface area (Å²) in [5.41, 5.74) is 7.38. The molecule has 0 atom stereocenters. The minimum Gasteiger partial charge on any atom is -0.456 e. The third-order valence-corrected chi connectivity index (χ3v) is 2.34. The summed E-state index contributed by atoms with van der Waals surface area (Å²) in [6.07, 6.45) is 0. The molecule has 5 heteroatoms. The lowest BCUT2D eigenvalue weighted by atomic mass is 10.2. The number of hydrogen-bond donors (Lipinski definition) is 1. The van der Waals surface area contributed by atoms with E-state index in [1.165, 1.54) is 11.3 Å². The van der Waals surface area contributed by atoms with Crippen molar-refractivity contribution < 1.29 is 9.21 Å². The second-order valence-electron chi connectivity index (χ2n) is 2.67. The summed E-state index contributed by atoms with van der Waals surface area (Å²) in [6, 6.07) is 3.31. The highest BCUT2D eigenvalue weighted by molar-refractivity contribution is 7.07. The smallest absolute Gasteiger partial charge is 0.247 e. The number of aromatic nitrogens is 1. The number of nitrogens with zero attached hydrogens (tertiary/aromatic N) is 1. The lowest BCUT2D eigenvalue weighted by Gasteiger charge is -1.91. The third kappa shape index (κ3) is 1.59. The van der Waals surface area contributed by atoms with Gasteiger partial charge in [-0.25, -0.2) is 4.98 Å². The van der Waals surface area contributed by atoms with Crippen LogP contribution in [0.2, 0.25) is 0 Å². The first kappa shape index (κ1) is 9.11. The summed E-state index contributed by atoms with van der Waals surface area (Å²) < 4.78 is 5.21. The van der Waals surface area contributed by atoms with E-state index in [0.29, 0.717) is 18.0 Å². The number of rotatable bonds is 3. The normalized spacial score (nSPS) is 10.4. The van der Waals surface area contributed by atoms with Crippen molar-refractivity contribution in [2.45, 2.75) is 6.54 Å². The zero-order chi connectivity index (χ0) is 9.97. The Balaban J connectivity index is 2.28.